The summed E-state index contributed by atoms with van der Waals surface area (Å²) in [5.41, 5.74) is 2.36. The monoisotopic (exact) mass is 207 g/mol. The summed E-state index contributed by atoms with van der Waals surface area (Å²) in [6.45, 7) is 1.82. The van der Waals surface area contributed by atoms with Crippen LogP contribution < -0.4 is 0 Å². The first-order chi connectivity index (χ1) is 6.75. The average molecular weight is 207 g/mol. The van der Waals surface area contributed by atoms with Crippen molar-refractivity contribution in [2.75, 3.05) is 0 Å². The Hall–Kier alpha value is -1.42. The largest absolute Gasteiger partial charge is 0.469 e. The maximum absolute atomic E-state index is 11.6. The maximum Gasteiger partial charge on any atom is 0.171 e. The fraction of sp³-hybridized carbons (Fsp3) is 0.200. The second-order valence-electron chi connectivity index (χ2n) is 3.01. The number of aryl methyl sites for hydroxylation is 1. The van der Waals surface area contributed by atoms with Gasteiger partial charge in [0, 0.05) is 17.5 Å². The number of furan rings is 1. The number of hydrogen-bond acceptors (Lipinski definition) is 4. The van der Waals surface area contributed by atoms with Gasteiger partial charge >= 0.3 is 0 Å². The summed E-state index contributed by atoms with van der Waals surface area (Å²) < 4.78 is 5.07. The van der Waals surface area contributed by atoms with E-state index in [2.05, 4.69) is 4.98 Å². The maximum atomic E-state index is 11.6. The summed E-state index contributed by atoms with van der Waals surface area (Å²) in [4.78, 5) is 16.5. The van der Waals surface area contributed by atoms with Crippen LogP contribution in [0.5, 0.6) is 0 Å². The van der Waals surface area contributed by atoms with Crippen molar-refractivity contribution in [1.29, 1.82) is 0 Å². The van der Waals surface area contributed by atoms with Gasteiger partial charge in [-0.15, -0.1) is 11.3 Å². The minimum Gasteiger partial charge on any atom is -0.469 e. The highest BCUT2D eigenvalue weighted by Crippen LogP contribution is 2.13. The molecule has 0 unspecified atom stereocenters. The number of aromatic nitrogens is 1. The molecule has 0 bridgehead atoms. The summed E-state index contributed by atoms with van der Waals surface area (Å²) in [5.74, 6) is 0.837. The van der Waals surface area contributed by atoms with Crippen molar-refractivity contribution in [3.8, 4) is 0 Å². The highest BCUT2D eigenvalue weighted by atomic mass is 32.1. The molecule has 3 nitrogen and oxygen atoms in total. The summed E-state index contributed by atoms with van der Waals surface area (Å²) in [7, 11) is 0. The molecule has 2 aromatic rings. The molecule has 72 valence electrons. The van der Waals surface area contributed by atoms with E-state index in [1.165, 1.54) is 17.6 Å². The molecule has 0 aliphatic carbocycles. The second-order valence-corrected chi connectivity index (χ2v) is 3.98. The predicted octanol–water partition coefficient (Wildman–Crippen LogP) is 2.47. The van der Waals surface area contributed by atoms with Crippen molar-refractivity contribution < 1.29 is 9.21 Å². The van der Waals surface area contributed by atoms with Crippen LogP contribution in [0.25, 0.3) is 0 Å². The lowest BCUT2D eigenvalue weighted by atomic mass is 10.1. The molecule has 0 fully saturated rings. The highest BCUT2D eigenvalue weighted by Gasteiger charge is 2.10. The van der Waals surface area contributed by atoms with Gasteiger partial charge in [0.1, 0.15) is 12.0 Å². The van der Waals surface area contributed by atoms with Crippen LogP contribution in [0.2, 0.25) is 0 Å². The SMILES string of the molecule is Cc1cc(C(=O)Cc2cncs2)co1. The van der Waals surface area contributed by atoms with Crippen molar-refractivity contribution in [2.24, 2.45) is 0 Å². The Balaban J connectivity index is 2.10. The first kappa shape index (κ1) is 9.15. The molecule has 2 aromatic heterocycles. The zero-order valence-corrected chi connectivity index (χ0v) is 8.50. The third kappa shape index (κ3) is 1.90. The van der Waals surface area contributed by atoms with Gasteiger partial charge in [0.25, 0.3) is 0 Å². The van der Waals surface area contributed by atoms with Gasteiger partial charge in [-0.3, -0.25) is 9.78 Å². The molecule has 0 saturated carbocycles. The number of Topliss-reactive ketones (excluding diaryl/α,β-unsaturated/α-hetero) is 1. The van der Waals surface area contributed by atoms with E-state index in [0.29, 0.717) is 12.0 Å². The van der Waals surface area contributed by atoms with Crippen LogP contribution in [0.3, 0.4) is 0 Å². The predicted molar refractivity (Wildman–Crippen MR) is 53.6 cm³/mol. The van der Waals surface area contributed by atoms with Gasteiger partial charge in [0.15, 0.2) is 5.78 Å². The molecule has 0 aliphatic heterocycles. The minimum atomic E-state index is 0.0751. The molecular formula is C10H9NO2S. The molecule has 0 radical (unpaired) electrons. The Kier molecular flexibility index (Phi) is 2.45. The lowest BCUT2D eigenvalue weighted by Gasteiger charge is -1.92. The van der Waals surface area contributed by atoms with Crippen molar-refractivity contribution in [3.05, 3.63) is 40.2 Å². The van der Waals surface area contributed by atoms with E-state index in [1.54, 1.807) is 17.8 Å². The van der Waals surface area contributed by atoms with Gasteiger partial charge in [-0.25, -0.2) is 0 Å². The topological polar surface area (TPSA) is 43.1 Å². The van der Waals surface area contributed by atoms with E-state index in [1.807, 2.05) is 6.92 Å². The molecule has 2 heterocycles. The van der Waals surface area contributed by atoms with E-state index in [-0.39, 0.29) is 5.78 Å². The van der Waals surface area contributed by atoms with Gasteiger partial charge in [0.05, 0.1) is 11.1 Å². The summed E-state index contributed by atoms with van der Waals surface area (Å²) >= 11 is 1.49. The lowest BCUT2D eigenvalue weighted by Crippen LogP contribution is -2.00. The van der Waals surface area contributed by atoms with Crippen molar-refractivity contribution in [3.63, 3.8) is 0 Å². The van der Waals surface area contributed by atoms with E-state index < -0.39 is 0 Å². The number of carbonyl (C=O) groups excluding carboxylic acids is 1. The molecule has 0 aromatic carbocycles. The van der Waals surface area contributed by atoms with Gasteiger partial charge < -0.3 is 4.42 Å². The minimum absolute atomic E-state index is 0.0751. The van der Waals surface area contributed by atoms with Crippen molar-refractivity contribution in [1.82, 2.24) is 4.98 Å². The first-order valence-electron chi connectivity index (χ1n) is 4.21. The second kappa shape index (κ2) is 3.75. The highest BCUT2D eigenvalue weighted by molar-refractivity contribution is 7.09. The molecule has 14 heavy (non-hydrogen) atoms. The van der Waals surface area contributed by atoms with Crippen LogP contribution in [0, 0.1) is 6.92 Å². The van der Waals surface area contributed by atoms with E-state index in [9.17, 15) is 4.79 Å². The van der Waals surface area contributed by atoms with Crippen LogP contribution in [0.1, 0.15) is 21.0 Å². The summed E-state index contributed by atoms with van der Waals surface area (Å²) in [5, 5.41) is 0. The van der Waals surface area contributed by atoms with Crippen LogP contribution in [-0.2, 0) is 6.42 Å². The molecule has 2 rings (SSSR count). The van der Waals surface area contributed by atoms with E-state index in [4.69, 9.17) is 4.42 Å². The van der Waals surface area contributed by atoms with Crippen LogP contribution >= 0.6 is 11.3 Å². The molecule has 0 atom stereocenters. The first-order valence-corrected chi connectivity index (χ1v) is 5.09. The number of carbonyl (C=O) groups is 1. The normalized spacial score (nSPS) is 10.4. The van der Waals surface area contributed by atoms with Crippen LogP contribution in [0.15, 0.2) is 28.5 Å². The Labute approximate surface area is 85.4 Å². The van der Waals surface area contributed by atoms with Crippen molar-refractivity contribution >= 4 is 17.1 Å². The number of hydrogen-bond donors (Lipinski definition) is 0. The Morgan fingerprint density at radius 2 is 2.50 bits per heavy atom. The number of thiazole rings is 1. The number of ketones is 1. The molecule has 0 aliphatic rings. The van der Waals surface area contributed by atoms with Gasteiger partial charge in [0.2, 0.25) is 0 Å². The van der Waals surface area contributed by atoms with Gasteiger partial charge in [-0.05, 0) is 13.0 Å². The zero-order valence-electron chi connectivity index (χ0n) is 7.69. The third-order valence-electron chi connectivity index (χ3n) is 1.87. The molecule has 0 N–H and O–H groups in total. The molecule has 0 spiro atoms. The third-order valence-corrected chi connectivity index (χ3v) is 2.65. The Morgan fingerprint density at radius 1 is 1.64 bits per heavy atom. The van der Waals surface area contributed by atoms with E-state index in [0.717, 1.165) is 10.6 Å². The van der Waals surface area contributed by atoms with Crippen LogP contribution in [-0.4, -0.2) is 10.8 Å². The summed E-state index contributed by atoms with van der Waals surface area (Å²) in [6, 6.07) is 1.75. The Morgan fingerprint density at radius 3 is 3.07 bits per heavy atom. The smallest absolute Gasteiger partial charge is 0.171 e. The standard InChI is InChI=1S/C10H9NO2S/c1-7-2-8(5-13-7)10(12)3-9-4-11-6-14-9/h2,4-6H,3H2,1H3. The fourth-order valence-electron chi connectivity index (χ4n) is 1.18. The number of nitrogens with zero attached hydrogens (tertiary/aromatic N) is 1. The lowest BCUT2D eigenvalue weighted by molar-refractivity contribution is 0.0993. The van der Waals surface area contributed by atoms with Crippen molar-refractivity contribution in [2.45, 2.75) is 13.3 Å². The van der Waals surface area contributed by atoms with E-state index >= 15 is 0 Å². The van der Waals surface area contributed by atoms with Gasteiger partial charge in [-0.2, -0.15) is 0 Å². The average Bonchev–Trinajstić information content (AvgIpc) is 2.75. The zero-order chi connectivity index (χ0) is 9.97. The Bertz CT molecular complexity index is 431. The van der Waals surface area contributed by atoms with Gasteiger partial charge in [-0.1, -0.05) is 0 Å². The summed E-state index contributed by atoms with van der Waals surface area (Å²) in [6.07, 6.45) is 3.62. The molecule has 0 saturated heterocycles. The quantitative estimate of drug-likeness (QED) is 0.726. The van der Waals surface area contributed by atoms with Crippen LogP contribution in [0.4, 0.5) is 0 Å². The fourth-order valence-corrected chi connectivity index (χ4v) is 1.77. The molecule has 0 amide bonds. The molecule has 4 heteroatoms. The molecular weight excluding hydrogens is 198 g/mol. The number of rotatable bonds is 3.